The van der Waals surface area contributed by atoms with Crippen molar-refractivity contribution in [3.63, 3.8) is 0 Å². The molecule has 0 spiro atoms. The number of amides is 1. The minimum atomic E-state index is -0.00203. The van der Waals surface area contributed by atoms with Crippen LogP contribution in [0.5, 0.6) is 0 Å². The van der Waals surface area contributed by atoms with Crippen LogP contribution in [0.1, 0.15) is 41.4 Å². The van der Waals surface area contributed by atoms with E-state index in [0.717, 1.165) is 16.6 Å². The molecule has 20 heavy (non-hydrogen) atoms. The minimum Gasteiger partial charge on any atom is -0.349 e. The standard InChI is InChI=1S/C17H20N2O/c1-10-4-7-16-14(8-10)9-15(12(3)18-16)17(20)19-11(2)13-5-6-13/h4,7-9,11,13H,5-6H2,1-3H3,(H,19,20). The first-order valence-corrected chi connectivity index (χ1v) is 7.23. The molecule has 3 rings (SSSR count). The maximum Gasteiger partial charge on any atom is 0.253 e. The summed E-state index contributed by atoms with van der Waals surface area (Å²) in [5.41, 5.74) is 3.61. The van der Waals surface area contributed by atoms with Gasteiger partial charge in [-0.2, -0.15) is 0 Å². The Morgan fingerprint density at radius 3 is 2.75 bits per heavy atom. The third-order valence-electron chi connectivity index (χ3n) is 4.09. The van der Waals surface area contributed by atoms with Crippen LogP contribution in [0.15, 0.2) is 24.3 Å². The molecule has 104 valence electrons. The molecule has 1 heterocycles. The predicted molar refractivity (Wildman–Crippen MR) is 80.9 cm³/mol. The lowest BCUT2D eigenvalue weighted by molar-refractivity contribution is 0.0935. The average molecular weight is 268 g/mol. The maximum atomic E-state index is 12.4. The van der Waals surface area contributed by atoms with Crippen LogP contribution in [0.2, 0.25) is 0 Å². The fraction of sp³-hybridized carbons (Fsp3) is 0.412. The van der Waals surface area contributed by atoms with Crippen LogP contribution in [-0.2, 0) is 0 Å². The molecule has 2 aromatic rings. The van der Waals surface area contributed by atoms with Gasteiger partial charge in [-0.3, -0.25) is 9.78 Å². The number of hydrogen-bond donors (Lipinski definition) is 1. The van der Waals surface area contributed by atoms with Crippen LogP contribution in [0.3, 0.4) is 0 Å². The Morgan fingerprint density at radius 1 is 1.30 bits per heavy atom. The second-order valence-corrected chi connectivity index (χ2v) is 5.92. The van der Waals surface area contributed by atoms with Crippen molar-refractivity contribution in [2.45, 2.75) is 39.7 Å². The van der Waals surface area contributed by atoms with E-state index in [1.54, 1.807) is 0 Å². The summed E-state index contributed by atoms with van der Waals surface area (Å²) in [6.07, 6.45) is 2.46. The summed E-state index contributed by atoms with van der Waals surface area (Å²) in [5, 5.41) is 4.13. The van der Waals surface area contributed by atoms with Crippen LogP contribution < -0.4 is 5.32 Å². The number of rotatable bonds is 3. The lowest BCUT2D eigenvalue weighted by Crippen LogP contribution is -2.34. The van der Waals surface area contributed by atoms with Crippen molar-refractivity contribution in [1.82, 2.24) is 10.3 Å². The second kappa shape index (κ2) is 4.89. The normalized spacial score (nSPS) is 16.1. The summed E-state index contributed by atoms with van der Waals surface area (Å²) in [7, 11) is 0. The van der Waals surface area contributed by atoms with E-state index in [1.165, 1.54) is 18.4 Å². The zero-order valence-corrected chi connectivity index (χ0v) is 12.2. The van der Waals surface area contributed by atoms with Gasteiger partial charge in [-0.15, -0.1) is 0 Å². The first-order chi connectivity index (χ1) is 9.54. The van der Waals surface area contributed by atoms with Crippen molar-refractivity contribution in [3.05, 3.63) is 41.1 Å². The molecule has 1 aliphatic carbocycles. The number of carbonyl (C=O) groups excluding carboxylic acids is 1. The highest BCUT2D eigenvalue weighted by Gasteiger charge is 2.29. The molecule has 1 aromatic carbocycles. The fourth-order valence-corrected chi connectivity index (χ4v) is 2.62. The highest BCUT2D eigenvalue weighted by Crippen LogP contribution is 2.32. The quantitative estimate of drug-likeness (QED) is 0.927. The lowest BCUT2D eigenvalue weighted by Gasteiger charge is -2.14. The summed E-state index contributed by atoms with van der Waals surface area (Å²) < 4.78 is 0. The molecule has 1 atom stereocenters. The smallest absolute Gasteiger partial charge is 0.253 e. The monoisotopic (exact) mass is 268 g/mol. The van der Waals surface area contributed by atoms with Gasteiger partial charge >= 0.3 is 0 Å². The first kappa shape index (κ1) is 13.1. The van der Waals surface area contributed by atoms with Gasteiger partial charge in [0.25, 0.3) is 5.91 Å². The minimum absolute atomic E-state index is 0.00203. The van der Waals surface area contributed by atoms with E-state index < -0.39 is 0 Å². The van der Waals surface area contributed by atoms with Gasteiger partial charge in [0.2, 0.25) is 0 Å². The lowest BCUT2D eigenvalue weighted by atomic mass is 10.1. The molecule has 3 nitrogen and oxygen atoms in total. The van der Waals surface area contributed by atoms with E-state index >= 15 is 0 Å². The number of hydrogen-bond acceptors (Lipinski definition) is 2. The molecule has 1 amide bonds. The fourth-order valence-electron chi connectivity index (χ4n) is 2.62. The van der Waals surface area contributed by atoms with E-state index in [2.05, 4.69) is 23.3 Å². The van der Waals surface area contributed by atoms with E-state index in [1.807, 2.05) is 32.0 Å². The van der Waals surface area contributed by atoms with E-state index in [9.17, 15) is 4.79 Å². The number of fused-ring (bicyclic) bond motifs is 1. The van der Waals surface area contributed by atoms with E-state index in [-0.39, 0.29) is 11.9 Å². The Balaban J connectivity index is 1.93. The molecular formula is C17H20N2O. The molecule has 1 N–H and O–H groups in total. The Labute approximate surface area is 119 Å². The van der Waals surface area contributed by atoms with Crippen molar-refractivity contribution >= 4 is 16.8 Å². The molecule has 1 saturated carbocycles. The topological polar surface area (TPSA) is 42.0 Å². The summed E-state index contributed by atoms with van der Waals surface area (Å²) in [6, 6.07) is 8.34. The summed E-state index contributed by atoms with van der Waals surface area (Å²) >= 11 is 0. The third kappa shape index (κ3) is 2.53. The molecule has 3 heteroatoms. The van der Waals surface area contributed by atoms with Crippen LogP contribution in [0, 0.1) is 19.8 Å². The number of benzene rings is 1. The van der Waals surface area contributed by atoms with E-state index in [0.29, 0.717) is 11.5 Å². The zero-order chi connectivity index (χ0) is 14.3. The molecule has 1 unspecified atom stereocenters. The van der Waals surface area contributed by atoms with Gasteiger partial charge in [0, 0.05) is 11.4 Å². The molecule has 0 aliphatic heterocycles. The Kier molecular flexibility index (Phi) is 3.20. The van der Waals surface area contributed by atoms with Gasteiger partial charge in [-0.05, 0) is 57.7 Å². The number of nitrogens with zero attached hydrogens (tertiary/aromatic N) is 1. The average Bonchev–Trinajstić information content (AvgIpc) is 3.22. The largest absolute Gasteiger partial charge is 0.349 e. The van der Waals surface area contributed by atoms with Gasteiger partial charge < -0.3 is 5.32 Å². The second-order valence-electron chi connectivity index (χ2n) is 5.92. The highest BCUT2D eigenvalue weighted by atomic mass is 16.1. The summed E-state index contributed by atoms with van der Waals surface area (Å²) in [5.74, 6) is 0.660. The molecule has 1 aromatic heterocycles. The van der Waals surface area contributed by atoms with Gasteiger partial charge in [-0.25, -0.2) is 0 Å². The predicted octanol–water partition coefficient (Wildman–Crippen LogP) is 3.38. The zero-order valence-electron chi connectivity index (χ0n) is 12.2. The maximum absolute atomic E-state index is 12.4. The number of carbonyl (C=O) groups is 1. The first-order valence-electron chi connectivity index (χ1n) is 7.23. The molecule has 0 saturated heterocycles. The molecule has 0 radical (unpaired) electrons. The molecule has 1 fully saturated rings. The van der Waals surface area contributed by atoms with Gasteiger partial charge in [0.05, 0.1) is 16.8 Å². The SMILES string of the molecule is Cc1ccc2nc(C)c(C(=O)NC(C)C3CC3)cc2c1. The molecular weight excluding hydrogens is 248 g/mol. The van der Waals surface area contributed by atoms with Crippen molar-refractivity contribution in [2.75, 3.05) is 0 Å². The molecule has 0 bridgehead atoms. The van der Waals surface area contributed by atoms with Crippen LogP contribution >= 0.6 is 0 Å². The Morgan fingerprint density at radius 2 is 2.05 bits per heavy atom. The molecule has 1 aliphatic rings. The van der Waals surface area contributed by atoms with Crippen LogP contribution in [0.25, 0.3) is 10.9 Å². The third-order valence-corrected chi connectivity index (χ3v) is 4.09. The van der Waals surface area contributed by atoms with Crippen molar-refractivity contribution < 1.29 is 4.79 Å². The Hall–Kier alpha value is -1.90. The number of aromatic nitrogens is 1. The highest BCUT2D eigenvalue weighted by molar-refractivity contribution is 5.98. The van der Waals surface area contributed by atoms with Gasteiger partial charge in [0.1, 0.15) is 0 Å². The van der Waals surface area contributed by atoms with Crippen molar-refractivity contribution in [3.8, 4) is 0 Å². The number of aryl methyl sites for hydroxylation is 2. The van der Waals surface area contributed by atoms with Gasteiger partial charge in [0.15, 0.2) is 0 Å². The van der Waals surface area contributed by atoms with Gasteiger partial charge in [-0.1, -0.05) is 11.6 Å². The summed E-state index contributed by atoms with van der Waals surface area (Å²) in [4.78, 5) is 16.9. The van der Waals surface area contributed by atoms with Crippen molar-refractivity contribution in [1.29, 1.82) is 0 Å². The van der Waals surface area contributed by atoms with Crippen molar-refractivity contribution in [2.24, 2.45) is 5.92 Å². The Bertz CT molecular complexity index is 674. The van der Waals surface area contributed by atoms with Crippen LogP contribution in [0.4, 0.5) is 0 Å². The van der Waals surface area contributed by atoms with E-state index in [4.69, 9.17) is 0 Å². The number of pyridine rings is 1. The van der Waals surface area contributed by atoms with Crippen LogP contribution in [-0.4, -0.2) is 16.9 Å². The number of nitrogens with one attached hydrogen (secondary N) is 1. The summed E-state index contributed by atoms with van der Waals surface area (Å²) in [6.45, 7) is 6.04.